The fourth-order valence-electron chi connectivity index (χ4n) is 1.70. The number of hydrogen-bond donors (Lipinski definition) is 2. The molecule has 1 aromatic carbocycles. The standard InChI is InChI=1S/C13H10N4OS/c14-9-7-15-6-5-8(9)12(18)17-13-16-10-3-1-2-4-11(10)19-13/h1-7H,14H2,(H,16,17,18). The summed E-state index contributed by atoms with van der Waals surface area (Å²) in [5.74, 6) is -0.279. The SMILES string of the molecule is Nc1cnccc1C(=O)Nc1nc2ccccc2s1. The molecule has 2 heterocycles. The van der Waals surface area contributed by atoms with Gasteiger partial charge in [-0.05, 0) is 18.2 Å². The van der Waals surface area contributed by atoms with Crippen LogP contribution in [0.25, 0.3) is 10.2 Å². The van der Waals surface area contributed by atoms with Crippen molar-refractivity contribution in [1.82, 2.24) is 9.97 Å². The summed E-state index contributed by atoms with van der Waals surface area (Å²) in [5.41, 5.74) is 7.32. The fraction of sp³-hybridized carbons (Fsp3) is 0. The molecule has 19 heavy (non-hydrogen) atoms. The zero-order chi connectivity index (χ0) is 13.2. The molecule has 0 fully saturated rings. The number of carbonyl (C=O) groups excluding carboxylic acids is 1. The molecule has 0 radical (unpaired) electrons. The number of nitrogens with one attached hydrogen (secondary N) is 1. The summed E-state index contributed by atoms with van der Waals surface area (Å²) < 4.78 is 1.03. The highest BCUT2D eigenvalue weighted by Gasteiger charge is 2.12. The van der Waals surface area contributed by atoms with Crippen LogP contribution >= 0.6 is 11.3 Å². The first-order chi connectivity index (χ1) is 9.24. The fourth-order valence-corrected chi connectivity index (χ4v) is 2.56. The molecule has 0 aliphatic carbocycles. The number of thiazole rings is 1. The van der Waals surface area contributed by atoms with Crippen molar-refractivity contribution in [2.45, 2.75) is 0 Å². The van der Waals surface area contributed by atoms with Gasteiger partial charge >= 0.3 is 0 Å². The van der Waals surface area contributed by atoms with Gasteiger partial charge in [-0.15, -0.1) is 0 Å². The molecule has 3 N–H and O–H groups in total. The van der Waals surface area contributed by atoms with Gasteiger partial charge in [-0.1, -0.05) is 23.5 Å². The van der Waals surface area contributed by atoms with E-state index < -0.39 is 0 Å². The number of aromatic nitrogens is 2. The number of benzene rings is 1. The van der Waals surface area contributed by atoms with Gasteiger partial charge in [0, 0.05) is 6.20 Å². The molecule has 3 aromatic rings. The Labute approximate surface area is 113 Å². The Hall–Kier alpha value is -2.47. The predicted molar refractivity (Wildman–Crippen MR) is 76.2 cm³/mol. The molecule has 0 aliphatic heterocycles. The van der Waals surface area contributed by atoms with Crippen molar-refractivity contribution < 1.29 is 4.79 Å². The highest BCUT2D eigenvalue weighted by Crippen LogP contribution is 2.26. The van der Waals surface area contributed by atoms with Gasteiger partial charge in [-0.25, -0.2) is 4.98 Å². The molecule has 94 valence electrons. The third-order valence-corrected chi connectivity index (χ3v) is 3.56. The minimum absolute atomic E-state index is 0.279. The maximum Gasteiger partial charge on any atom is 0.259 e. The number of fused-ring (bicyclic) bond motifs is 1. The number of nitrogen functional groups attached to an aromatic ring is 1. The summed E-state index contributed by atoms with van der Waals surface area (Å²) in [7, 11) is 0. The van der Waals surface area contributed by atoms with Crippen LogP contribution in [0.2, 0.25) is 0 Å². The van der Waals surface area contributed by atoms with Gasteiger partial charge in [0.15, 0.2) is 5.13 Å². The lowest BCUT2D eigenvalue weighted by Gasteiger charge is -2.03. The number of amides is 1. The molecule has 3 rings (SSSR count). The topological polar surface area (TPSA) is 80.9 Å². The number of para-hydroxylation sites is 1. The first-order valence-corrected chi connectivity index (χ1v) is 6.42. The molecule has 0 atom stereocenters. The lowest BCUT2D eigenvalue weighted by molar-refractivity contribution is 0.102. The zero-order valence-corrected chi connectivity index (χ0v) is 10.6. The zero-order valence-electron chi connectivity index (χ0n) is 9.83. The number of pyridine rings is 1. The van der Waals surface area contributed by atoms with Gasteiger partial charge in [0.25, 0.3) is 5.91 Å². The molecule has 5 nitrogen and oxygen atoms in total. The Balaban J connectivity index is 1.89. The van der Waals surface area contributed by atoms with Crippen LogP contribution in [-0.2, 0) is 0 Å². The minimum Gasteiger partial charge on any atom is -0.397 e. The van der Waals surface area contributed by atoms with Crippen molar-refractivity contribution in [2.24, 2.45) is 0 Å². The van der Waals surface area contributed by atoms with Crippen LogP contribution in [0, 0.1) is 0 Å². The van der Waals surface area contributed by atoms with Crippen molar-refractivity contribution >= 4 is 38.3 Å². The van der Waals surface area contributed by atoms with Crippen LogP contribution in [-0.4, -0.2) is 15.9 Å². The van der Waals surface area contributed by atoms with E-state index in [1.165, 1.54) is 23.7 Å². The molecular formula is C13H10N4OS. The van der Waals surface area contributed by atoms with Crippen molar-refractivity contribution in [3.63, 3.8) is 0 Å². The normalized spacial score (nSPS) is 10.5. The van der Waals surface area contributed by atoms with E-state index in [0.29, 0.717) is 16.4 Å². The van der Waals surface area contributed by atoms with Crippen molar-refractivity contribution in [1.29, 1.82) is 0 Å². The summed E-state index contributed by atoms with van der Waals surface area (Å²) in [4.78, 5) is 20.2. The van der Waals surface area contributed by atoms with Crippen molar-refractivity contribution in [3.05, 3.63) is 48.3 Å². The summed E-state index contributed by atoms with van der Waals surface area (Å²) in [6.07, 6.45) is 2.98. The number of carbonyl (C=O) groups is 1. The van der Waals surface area contributed by atoms with Gasteiger partial charge in [0.2, 0.25) is 0 Å². The Morgan fingerprint density at radius 3 is 2.89 bits per heavy atom. The monoisotopic (exact) mass is 270 g/mol. The second-order valence-electron chi connectivity index (χ2n) is 3.90. The minimum atomic E-state index is -0.279. The van der Waals surface area contributed by atoms with E-state index in [4.69, 9.17) is 5.73 Å². The van der Waals surface area contributed by atoms with E-state index >= 15 is 0 Å². The number of rotatable bonds is 2. The average Bonchev–Trinajstić information content (AvgIpc) is 2.81. The predicted octanol–water partition coefficient (Wildman–Crippen LogP) is 2.53. The van der Waals surface area contributed by atoms with Crippen molar-refractivity contribution in [2.75, 3.05) is 11.1 Å². The Morgan fingerprint density at radius 1 is 1.26 bits per heavy atom. The summed E-state index contributed by atoms with van der Waals surface area (Å²) >= 11 is 1.43. The molecule has 2 aromatic heterocycles. The number of nitrogens with two attached hydrogens (primary N) is 1. The van der Waals surface area contributed by atoms with Crippen LogP contribution < -0.4 is 11.1 Å². The number of anilines is 2. The van der Waals surface area contributed by atoms with Crippen LogP contribution in [0.4, 0.5) is 10.8 Å². The Bertz CT molecular complexity index is 720. The van der Waals surface area contributed by atoms with E-state index in [1.54, 1.807) is 6.07 Å². The van der Waals surface area contributed by atoms with Gasteiger partial charge in [-0.2, -0.15) is 0 Å². The second-order valence-corrected chi connectivity index (χ2v) is 4.93. The van der Waals surface area contributed by atoms with Gasteiger partial charge in [-0.3, -0.25) is 15.1 Å². The lowest BCUT2D eigenvalue weighted by atomic mass is 10.2. The van der Waals surface area contributed by atoms with E-state index in [0.717, 1.165) is 10.2 Å². The van der Waals surface area contributed by atoms with Gasteiger partial charge in [0.1, 0.15) is 0 Å². The van der Waals surface area contributed by atoms with Gasteiger partial charge < -0.3 is 5.73 Å². The van der Waals surface area contributed by atoms with E-state index in [2.05, 4.69) is 15.3 Å². The number of hydrogen-bond acceptors (Lipinski definition) is 5. The third kappa shape index (κ3) is 2.25. The highest BCUT2D eigenvalue weighted by molar-refractivity contribution is 7.22. The van der Waals surface area contributed by atoms with Crippen LogP contribution in [0.15, 0.2) is 42.7 Å². The summed E-state index contributed by atoms with van der Waals surface area (Å²) in [6.45, 7) is 0. The smallest absolute Gasteiger partial charge is 0.259 e. The van der Waals surface area contributed by atoms with Gasteiger partial charge in [0.05, 0.1) is 27.7 Å². The molecule has 1 amide bonds. The Morgan fingerprint density at radius 2 is 2.11 bits per heavy atom. The maximum atomic E-state index is 12.1. The average molecular weight is 270 g/mol. The number of nitrogens with zero attached hydrogens (tertiary/aromatic N) is 2. The quantitative estimate of drug-likeness (QED) is 0.749. The summed E-state index contributed by atoms with van der Waals surface area (Å²) in [5, 5.41) is 3.31. The van der Waals surface area contributed by atoms with Crippen LogP contribution in [0.5, 0.6) is 0 Å². The first kappa shape index (κ1) is 11.6. The van der Waals surface area contributed by atoms with Crippen molar-refractivity contribution in [3.8, 4) is 0 Å². The molecular weight excluding hydrogens is 260 g/mol. The molecule has 0 aliphatic rings. The molecule has 0 spiro atoms. The first-order valence-electron chi connectivity index (χ1n) is 5.60. The lowest BCUT2D eigenvalue weighted by Crippen LogP contribution is -2.13. The highest BCUT2D eigenvalue weighted by atomic mass is 32.1. The molecule has 0 unspecified atom stereocenters. The van der Waals surface area contributed by atoms with E-state index in [9.17, 15) is 4.79 Å². The molecule has 0 saturated carbocycles. The molecule has 0 bridgehead atoms. The second kappa shape index (κ2) is 4.66. The molecule has 6 heteroatoms. The van der Waals surface area contributed by atoms with E-state index in [1.807, 2.05) is 24.3 Å². The molecule has 0 saturated heterocycles. The largest absolute Gasteiger partial charge is 0.397 e. The maximum absolute atomic E-state index is 12.1. The summed E-state index contributed by atoms with van der Waals surface area (Å²) in [6, 6.07) is 9.30. The van der Waals surface area contributed by atoms with E-state index in [-0.39, 0.29) is 5.91 Å². The third-order valence-electron chi connectivity index (χ3n) is 2.61. The Kier molecular flexibility index (Phi) is 2.85. The van der Waals surface area contributed by atoms with Crippen LogP contribution in [0.1, 0.15) is 10.4 Å². The van der Waals surface area contributed by atoms with Crippen LogP contribution in [0.3, 0.4) is 0 Å².